The van der Waals surface area contributed by atoms with Gasteiger partial charge in [0.25, 0.3) is 5.19 Å². The molecule has 18 heavy (non-hydrogen) atoms. The molecule has 0 aromatic carbocycles. The minimum atomic E-state index is 0.558. The second-order valence-corrected chi connectivity index (χ2v) is 4.53. The van der Waals surface area contributed by atoms with Gasteiger partial charge in [-0.05, 0) is 13.0 Å². The van der Waals surface area contributed by atoms with Gasteiger partial charge in [0.15, 0.2) is 0 Å². The predicted molar refractivity (Wildman–Crippen MR) is 68.7 cm³/mol. The second-order valence-electron chi connectivity index (χ2n) is 3.70. The van der Waals surface area contributed by atoms with Crippen molar-refractivity contribution in [2.75, 3.05) is 0 Å². The van der Waals surface area contributed by atoms with Crippen molar-refractivity contribution in [3.63, 3.8) is 0 Å². The van der Waals surface area contributed by atoms with Crippen molar-refractivity contribution in [3.8, 4) is 22.3 Å². The van der Waals surface area contributed by atoms with E-state index in [9.17, 15) is 0 Å². The lowest BCUT2D eigenvalue weighted by atomic mass is 10.3. The van der Waals surface area contributed by atoms with Gasteiger partial charge in [-0.3, -0.25) is 5.10 Å². The second kappa shape index (κ2) is 4.58. The van der Waals surface area contributed by atoms with E-state index >= 15 is 0 Å². The molecule has 0 amide bonds. The van der Waals surface area contributed by atoms with Gasteiger partial charge in [-0.15, -0.1) is 0 Å². The molecule has 5 nitrogen and oxygen atoms in total. The maximum absolute atomic E-state index is 5.60. The molecule has 0 spiro atoms. The zero-order chi connectivity index (χ0) is 12.4. The van der Waals surface area contributed by atoms with Crippen LogP contribution in [0.3, 0.4) is 0 Å². The Hall–Kier alpha value is -2.21. The van der Waals surface area contributed by atoms with Crippen LogP contribution in [0.1, 0.15) is 5.69 Å². The van der Waals surface area contributed by atoms with E-state index < -0.39 is 0 Å². The summed E-state index contributed by atoms with van der Waals surface area (Å²) < 4.78 is 5.60. The zero-order valence-electron chi connectivity index (χ0n) is 9.62. The van der Waals surface area contributed by atoms with E-state index in [0.717, 1.165) is 17.0 Å². The number of hydrogen-bond acceptors (Lipinski definition) is 5. The third-order valence-electron chi connectivity index (χ3n) is 2.33. The molecule has 3 aromatic rings. The fraction of sp³-hybridized carbons (Fsp3) is 0.0833. The van der Waals surface area contributed by atoms with Gasteiger partial charge in [-0.1, -0.05) is 17.4 Å². The van der Waals surface area contributed by atoms with E-state index in [1.54, 1.807) is 12.4 Å². The molecule has 0 atom stereocenters. The number of pyridine rings is 1. The van der Waals surface area contributed by atoms with Crippen LogP contribution in [0.15, 0.2) is 36.0 Å². The number of ether oxygens (including phenoxy) is 1. The van der Waals surface area contributed by atoms with E-state index in [1.807, 2.05) is 30.5 Å². The summed E-state index contributed by atoms with van der Waals surface area (Å²) in [5.41, 5.74) is 2.70. The Balaban J connectivity index is 1.82. The van der Waals surface area contributed by atoms with Crippen LogP contribution in [0.2, 0.25) is 0 Å². The predicted octanol–water partition coefficient (Wildman–Crippen LogP) is 3.03. The molecule has 3 heterocycles. The number of rotatable bonds is 3. The highest BCUT2D eigenvalue weighted by molar-refractivity contribution is 7.11. The lowest BCUT2D eigenvalue weighted by Crippen LogP contribution is -1.88. The van der Waals surface area contributed by atoms with Crippen molar-refractivity contribution >= 4 is 11.3 Å². The molecule has 6 heteroatoms. The first-order valence-corrected chi connectivity index (χ1v) is 6.25. The Morgan fingerprint density at radius 3 is 3.00 bits per heavy atom. The van der Waals surface area contributed by atoms with Gasteiger partial charge in [-0.2, -0.15) is 5.10 Å². The van der Waals surface area contributed by atoms with Gasteiger partial charge in [0.1, 0.15) is 0 Å². The van der Waals surface area contributed by atoms with Crippen molar-refractivity contribution in [1.82, 2.24) is 20.2 Å². The third-order valence-corrected chi connectivity index (χ3v) is 3.05. The Kier molecular flexibility index (Phi) is 2.77. The van der Waals surface area contributed by atoms with E-state index in [2.05, 4.69) is 20.2 Å². The van der Waals surface area contributed by atoms with E-state index in [4.69, 9.17) is 4.74 Å². The maximum Gasteiger partial charge on any atom is 0.280 e. The summed E-state index contributed by atoms with van der Waals surface area (Å²) in [5, 5.41) is 9.15. The van der Waals surface area contributed by atoms with Gasteiger partial charge in [-0.25, -0.2) is 9.97 Å². The molecule has 0 aliphatic heterocycles. The largest absolute Gasteiger partial charge is 0.412 e. The van der Waals surface area contributed by atoms with E-state index in [1.165, 1.54) is 11.3 Å². The number of aryl methyl sites for hydroxylation is 1. The Morgan fingerprint density at radius 1 is 1.28 bits per heavy atom. The highest BCUT2D eigenvalue weighted by Crippen LogP contribution is 2.28. The number of hydrogen-bond donors (Lipinski definition) is 1. The molecule has 0 bridgehead atoms. The third kappa shape index (κ3) is 2.23. The highest BCUT2D eigenvalue weighted by atomic mass is 32.1. The monoisotopic (exact) mass is 258 g/mol. The summed E-state index contributed by atoms with van der Waals surface area (Å²) in [6.45, 7) is 1.92. The van der Waals surface area contributed by atoms with Crippen LogP contribution in [0.5, 0.6) is 11.1 Å². The zero-order valence-corrected chi connectivity index (χ0v) is 10.4. The number of H-pyrrole nitrogens is 1. The molecule has 3 rings (SSSR count). The molecule has 0 aliphatic carbocycles. The van der Waals surface area contributed by atoms with Crippen LogP contribution < -0.4 is 4.74 Å². The van der Waals surface area contributed by atoms with Gasteiger partial charge >= 0.3 is 0 Å². The number of nitrogens with one attached hydrogen (secondary N) is 1. The summed E-state index contributed by atoms with van der Waals surface area (Å²) in [6, 6.07) is 5.64. The van der Waals surface area contributed by atoms with Crippen molar-refractivity contribution in [1.29, 1.82) is 0 Å². The van der Waals surface area contributed by atoms with Crippen molar-refractivity contribution in [2.45, 2.75) is 6.92 Å². The molecule has 0 aliphatic rings. The minimum Gasteiger partial charge on any atom is -0.412 e. The van der Waals surface area contributed by atoms with Crippen LogP contribution in [0, 0.1) is 6.92 Å². The lowest BCUT2D eigenvalue weighted by Gasteiger charge is -2.00. The first-order chi connectivity index (χ1) is 8.81. The van der Waals surface area contributed by atoms with Crippen LogP contribution in [-0.4, -0.2) is 20.2 Å². The molecule has 0 saturated heterocycles. The molecule has 0 unspecified atom stereocenters. The summed E-state index contributed by atoms with van der Waals surface area (Å²) in [4.78, 5) is 8.64. The van der Waals surface area contributed by atoms with E-state index in [-0.39, 0.29) is 0 Å². The topological polar surface area (TPSA) is 63.7 Å². The Bertz CT molecular complexity index is 648. The van der Waals surface area contributed by atoms with Crippen LogP contribution >= 0.6 is 11.3 Å². The summed E-state index contributed by atoms with van der Waals surface area (Å²) in [5.74, 6) is 0.558. The van der Waals surface area contributed by atoms with Crippen molar-refractivity contribution in [3.05, 3.63) is 41.7 Å². The molecule has 1 N–H and O–H groups in total. The van der Waals surface area contributed by atoms with Gasteiger partial charge in [0.05, 0.1) is 11.9 Å². The number of thiazole rings is 1. The molecular formula is C12H10N4OS. The first kappa shape index (κ1) is 10.9. The fourth-order valence-corrected chi connectivity index (χ4v) is 2.18. The highest BCUT2D eigenvalue weighted by Gasteiger charge is 2.07. The molecule has 0 saturated carbocycles. The molecule has 0 fully saturated rings. The SMILES string of the molecule is Cc1cccc(Oc2nc(-c3cn[nH]c3)cs2)n1. The van der Waals surface area contributed by atoms with Crippen molar-refractivity contribution < 1.29 is 4.74 Å². The van der Waals surface area contributed by atoms with Crippen LogP contribution in [-0.2, 0) is 0 Å². The summed E-state index contributed by atoms with van der Waals surface area (Å²) in [7, 11) is 0. The quantitative estimate of drug-likeness (QED) is 0.784. The average Bonchev–Trinajstić information content (AvgIpc) is 2.98. The molecule has 90 valence electrons. The molecule has 3 aromatic heterocycles. The number of aromatic amines is 1. The molecular weight excluding hydrogens is 248 g/mol. The first-order valence-electron chi connectivity index (χ1n) is 5.37. The van der Waals surface area contributed by atoms with Crippen LogP contribution in [0.4, 0.5) is 0 Å². The number of nitrogens with zero attached hydrogens (tertiary/aromatic N) is 3. The fourth-order valence-electron chi connectivity index (χ4n) is 1.49. The summed E-state index contributed by atoms with van der Waals surface area (Å²) >= 11 is 1.43. The minimum absolute atomic E-state index is 0.558. The standard InChI is InChI=1S/C12H10N4OS/c1-8-3-2-4-11(15-8)17-12-16-10(7-18-12)9-5-13-14-6-9/h2-7H,1H3,(H,13,14). The van der Waals surface area contributed by atoms with E-state index in [0.29, 0.717) is 11.1 Å². The van der Waals surface area contributed by atoms with Crippen LogP contribution in [0.25, 0.3) is 11.3 Å². The smallest absolute Gasteiger partial charge is 0.280 e. The van der Waals surface area contributed by atoms with Crippen molar-refractivity contribution in [2.24, 2.45) is 0 Å². The number of aromatic nitrogens is 4. The summed E-state index contributed by atoms with van der Waals surface area (Å²) in [6.07, 6.45) is 3.52. The van der Waals surface area contributed by atoms with Gasteiger partial charge in [0, 0.05) is 28.9 Å². The van der Waals surface area contributed by atoms with Gasteiger partial charge in [0.2, 0.25) is 5.88 Å². The molecule has 0 radical (unpaired) electrons. The maximum atomic E-state index is 5.60. The van der Waals surface area contributed by atoms with Gasteiger partial charge < -0.3 is 4.74 Å². The average molecular weight is 258 g/mol. The Morgan fingerprint density at radius 2 is 2.22 bits per heavy atom. The Labute approximate surface area is 108 Å². The normalized spacial score (nSPS) is 10.5. The lowest BCUT2D eigenvalue weighted by molar-refractivity contribution is 0.459.